The van der Waals surface area contributed by atoms with E-state index in [1.807, 2.05) is 70.3 Å². The number of likely N-dealkylation sites (N-methyl/N-ethyl adjacent to an activating group) is 1. The molecule has 1 heterocycles. The number of benzene rings is 1. The van der Waals surface area contributed by atoms with Crippen LogP contribution in [0.5, 0.6) is 11.5 Å². The molecule has 2 N–H and O–H groups in total. The molecule has 1 aromatic heterocycles. The van der Waals surface area contributed by atoms with Gasteiger partial charge in [-0.1, -0.05) is 0 Å². The summed E-state index contributed by atoms with van der Waals surface area (Å²) in [6, 6.07) is 5.89. The van der Waals surface area contributed by atoms with Gasteiger partial charge >= 0.3 is 0 Å². The third kappa shape index (κ3) is 5.88. The van der Waals surface area contributed by atoms with Crippen LogP contribution in [0, 0.1) is 0 Å². The van der Waals surface area contributed by atoms with Crippen LogP contribution >= 0.6 is 0 Å². The van der Waals surface area contributed by atoms with Crippen LogP contribution < -0.4 is 20.1 Å². The molecule has 0 radical (unpaired) electrons. The summed E-state index contributed by atoms with van der Waals surface area (Å²) in [5, 5.41) is 10.9. The SMILES string of the molecule is CCNC(=NCC(c1cnn(C)c1)N(C)C)Nc1ccc(OCC)c(OC)c1. The molecule has 0 saturated heterocycles. The Morgan fingerprint density at radius 2 is 2.07 bits per heavy atom. The lowest BCUT2D eigenvalue weighted by atomic mass is 10.1. The van der Waals surface area contributed by atoms with Crippen molar-refractivity contribution in [2.24, 2.45) is 12.0 Å². The summed E-state index contributed by atoms with van der Waals surface area (Å²) < 4.78 is 12.8. The van der Waals surface area contributed by atoms with Gasteiger partial charge in [-0.15, -0.1) is 0 Å². The number of anilines is 1. The van der Waals surface area contributed by atoms with E-state index in [1.165, 1.54) is 0 Å². The lowest BCUT2D eigenvalue weighted by Crippen LogP contribution is -2.32. The minimum Gasteiger partial charge on any atom is -0.493 e. The largest absolute Gasteiger partial charge is 0.493 e. The lowest BCUT2D eigenvalue weighted by Gasteiger charge is -2.22. The van der Waals surface area contributed by atoms with Crippen molar-refractivity contribution in [2.75, 3.05) is 46.2 Å². The summed E-state index contributed by atoms with van der Waals surface area (Å²) in [5.74, 6) is 2.12. The van der Waals surface area contributed by atoms with Crippen molar-refractivity contribution in [1.29, 1.82) is 0 Å². The Kier molecular flexibility index (Phi) is 8.13. The van der Waals surface area contributed by atoms with Gasteiger partial charge in [-0.25, -0.2) is 0 Å². The molecule has 1 aromatic carbocycles. The molecule has 8 nitrogen and oxygen atoms in total. The predicted molar refractivity (Wildman–Crippen MR) is 113 cm³/mol. The topological polar surface area (TPSA) is 75.9 Å². The molecule has 1 atom stereocenters. The van der Waals surface area contributed by atoms with Gasteiger partial charge in [0.05, 0.1) is 32.5 Å². The molecule has 2 aromatic rings. The Morgan fingerprint density at radius 1 is 1.29 bits per heavy atom. The molecule has 0 aliphatic heterocycles. The Morgan fingerprint density at radius 3 is 2.64 bits per heavy atom. The summed E-state index contributed by atoms with van der Waals surface area (Å²) >= 11 is 0. The number of aryl methyl sites for hydroxylation is 1. The van der Waals surface area contributed by atoms with Crippen LogP contribution in [0.15, 0.2) is 35.6 Å². The molecule has 0 aliphatic carbocycles. The van der Waals surface area contributed by atoms with E-state index in [1.54, 1.807) is 7.11 Å². The number of guanidine groups is 1. The van der Waals surface area contributed by atoms with Crippen molar-refractivity contribution in [3.8, 4) is 11.5 Å². The van der Waals surface area contributed by atoms with Gasteiger partial charge in [0.15, 0.2) is 17.5 Å². The maximum Gasteiger partial charge on any atom is 0.195 e. The Balaban J connectivity index is 2.17. The summed E-state index contributed by atoms with van der Waals surface area (Å²) in [5.41, 5.74) is 2.01. The molecule has 0 aliphatic rings. The number of hydrogen-bond donors (Lipinski definition) is 2. The second-order valence-electron chi connectivity index (χ2n) is 6.57. The van der Waals surface area contributed by atoms with E-state index in [0.29, 0.717) is 24.9 Å². The average Bonchev–Trinajstić information content (AvgIpc) is 3.09. The van der Waals surface area contributed by atoms with E-state index < -0.39 is 0 Å². The maximum absolute atomic E-state index is 5.58. The molecule has 0 saturated carbocycles. The van der Waals surface area contributed by atoms with Gasteiger partial charge in [-0.2, -0.15) is 5.10 Å². The Bertz CT molecular complexity index is 772. The number of rotatable bonds is 9. The highest BCUT2D eigenvalue weighted by atomic mass is 16.5. The van der Waals surface area contributed by atoms with Crippen LogP contribution in [-0.4, -0.2) is 61.5 Å². The van der Waals surface area contributed by atoms with Crippen LogP contribution in [0.2, 0.25) is 0 Å². The fraction of sp³-hybridized carbons (Fsp3) is 0.500. The van der Waals surface area contributed by atoms with Gasteiger partial charge < -0.3 is 25.0 Å². The zero-order chi connectivity index (χ0) is 20.5. The van der Waals surface area contributed by atoms with Gasteiger partial charge in [-0.3, -0.25) is 9.67 Å². The molecule has 0 spiro atoms. The summed E-state index contributed by atoms with van der Waals surface area (Å²) in [7, 11) is 7.65. The van der Waals surface area contributed by atoms with Gasteiger partial charge in [0.2, 0.25) is 0 Å². The zero-order valence-electron chi connectivity index (χ0n) is 17.7. The van der Waals surface area contributed by atoms with E-state index in [4.69, 9.17) is 14.5 Å². The number of aromatic nitrogens is 2. The predicted octanol–water partition coefficient (Wildman–Crippen LogP) is 2.51. The van der Waals surface area contributed by atoms with E-state index in [-0.39, 0.29) is 6.04 Å². The van der Waals surface area contributed by atoms with E-state index in [9.17, 15) is 0 Å². The highest BCUT2D eigenvalue weighted by molar-refractivity contribution is 5.93. The first-order valence-corrected chi connectivity index (χ1v) is 9.49. The number of ether oxygens (including phenoxy) is 2. The molecule has 0 fully saturated rings. The van der Waals surface area contributed by atoms with E-state index in [0.717, 1.165) is 23.5 Å². The van der Waals surface area contributed by atoms with Crippen molar-refractivity contribution in [3.63, 3.8) is 0 Å². The van der Waals surface area contributed by atoms with Crippen molar-refractivity contribution in [2.45, 2.75) is 19.9 Å². The summed E-state index contributed by atoms with van der Waals surface area (Å²) in [6.45, 7) is 5.95. The normalized spacial score (nSPS) is 12.8. The monoisotopic (exact) mass is 388 g/mol. The first-order chi connectivity index (χ1) is 13.5. The van der Waals surface area contributed by atoms with Crippen LogP contribution in [0.25, 0.3) is 0 Å². The molecule has 0 bridgehead atoms. The molecule has 28 heavy (non-hydrogen) atoms. The van der Waals surface area contributed by atoms with Gasteiger partial charge in [0.25, 0.3) is 0 Å². The highest BCUT2D eigenvalue weighted by Gasteiger charge is 2.16. The van der Waals surface area contributed by atoms with E-state index in [2.05, 4.69) is 20.6 Å². The number of hydrogen-bond acceptors (Lipinski definition) is 5. The van der Waals surface area contributed by atoms with Crippen molar-refractivity contribution < 1.29 is 9.47 Å². The smallest absolute Gasteiger partial charge is 0.195 e. The number of methoxy groups -OCH3 is 1. The van der Waals surface area contributed by atoms with Crippen molar-refractivity contribution >= 4 is 11.6 Å². The zero-order valence-corrected chi connectivity index (χ0v) is 17.7. The second kappa shape index (κ2) is 10.6. The number of nitrogens with zero attached hydrogens (tertiary/aromatic N) is 4. The molecule has 1 unspecified atom stereocenters. The molecule has 0 amide bonds. The maximum atomic E-state index is 5.58. The second-order valence-corrected chi connectivity index (χ2v) is 6.57. The quantitative estimate of drug-likeness (QED) is 0.508. The molecular weight excluding hydrogens is 356 g/mol. The molecule has 2 rings (SSSR count). The van der Waals surface area contributed by atoms with Crippen molar-refractivity contribution in [3.05, 3.63) is 36.2 Å². The molecular formula is C20H32N6O2. The fourth-order valence-corrected chi connectivity index (χ4v) is 2.82. The Labute approximate surface area is 167 Å². The van der Waals surface area contributed by atoms with Crippen LogP contribution in [0.3, 0.4) is 0 Å². The van der Waals surface area contributed by atoms with E-state index >= 15 is 0 Å². The first-order valence-electron chi connectivity index (χ1n) is 9.49. The fourth-order valence-electron chi connectivity index (χ4n) is 2.82. The van der Waals surface area contributed by atoms with Crippen LogP contribution in [0.1, 0.15) is 25.5 Å². The molecule has 154 valence electrons. The summed E-state index contributed by atoms with van der Waals surface area (Å²) in [4.78, 5) is 6.92. The van der Waals surface area contributed by atoms with Crippen molar-refractivity contribution in [1.82, 2.24) is 20.0 Å². The average molecular weight is 389 g/mol. The minimum absolute atomic E-state index is 0.138. The molecule has 8 heteroatoms. The standard InChI is InChI=1S/C20H32N6O2/c1-7-21-20(22-13-17(25(3)4)15-12-23-26(5)14-15)24-16-9-10-18(28-8-2)19(11-16)27-6/h9-12,14,17H,7-8,13H2,1-6H3,(H2,21,22,24). The Hall–Kier alpha value is -2.74. The number of aliphatic imine (C=N–C) groups is 1. The van der Waals surface area contributed by atoms with Gasteiger partial charge in [0, 0.05) is 37.1 Å². The van der Waals surface area contributed by atoms with Gasteiger partial charge in [0.1, 0.15) is 0 Å². The van der Waals surface area contributed by atoms with Gasteiger partial charge in [-0.05, 0) is 40.1 Å². The third-order valence-electron chi connectivity index (χ3n) is 4.23. The lowest BCUT2D eigenvalue weighted by molar-refractivity contribution is 0.306. The number of nitrogens with one attached hydrogen (secondary N) is 2. The highest BCUT2D eigenvalue weighted by Crippen LogP contribution is 2.30. The minimum atomic E-state index is 0.138. The van der Waals surface area contributed by atoms with Crippen LogP contribution in [0.4, 0.5) is 5.69 Å². The van der Waals surface area contributed by atoms with Crippen LogP contribution in [-0.2, 0) is 7.05 Å². The summed E-state index contributed by atoms with van der Waals surface area (Å²) in [6.07, 6.45) is 3.91. The first kappa shape index (κ1) is 21.6. The third-order valence-corrected chi connectivity index (χ3v) is 4.23.